The van der Waals surface area contributed by atoms with E-state index in [1.165, 1.54) is 49.3 Å². The number of amides is 2. The number of aryl methyl sites for hydroxylation is 1. The Labute approximate surface area is 263 Å². The molecule has 0 unspecified atom stereocenters. The molecule has 0 aromatic heterocycles. The fourth-order valence-electron chi connectivity index (χ4n) is 4.59. The molecule has 3 rings (SSSR count). The monoisotopic (exact) mass is 644 g/mol. The summed E-state index contributed by atoms with van der Waals surface area (Å²) in [6, 6.07) is 15.8. The number of carbonyl (C=O) groups is 2. The number of carbonyl (C=O) groups excluding carboxylic acids is 2. The molecule has 3 aromatic carbocycles. The number of nitrogens with one attached hydrogen (secondary N) is 1. The summed E-state index contributed by atoms with van der Waals surface area (Å²) in [6.07, 6.45) is 0.941. The molecule has 0 saturated carbocycles. The summed E-state index contributed by atoms with van der Waals surface area (Å²) in [7, 11) is -3.27. The average Bonchev–Trinajstić information content (AvgIpc) is 2.99. The van der Waals surface area contributed by atoms with E-state index < -0.39 is 44.0 Å². The van der Waals surface area contributed by atoms with E-state index in [0.717, 1.165) is 15.9 Å². The first-order valence-corrected chi connectivity index (χ1v) is 15.9. The molecule has 236 valence electrons. The predicted octanol–water partition coefficient (Wildman–Crippen LogP) is 5.48. The summed E-state index contributed by atoms with van der Waals surface area (Å²) in [4.78, 5) is 39.6. The largest absolute Gasteiger partial charge is 0.495 e. The van der Waals surface area contributed by atoms with E-state index in [-0.39, 0.29) is 46.9 Å². The minimum Gasteiger partial charge on any atom is -0.495 e. The Kier molecular flexibility index (Phi) is 11.7. The van der Waals surface area contributed by atoms with Crippen LogP contribution in [0.2, 0.25) is 5.02 Å². The van der Waals surface area contributed by atoms with Crippen molar-refractivity contribution in [2.45, 2.75) is 64.1 Å². The zero-order valence-electron chi connectivity index (χ0n) is 25.3. The summed E-state index contributed by atoms with van der Waals surface area (Å²) in [5.74, 6) is -0.939. The zero-order chi connectivity index (χ0) is 32.6. The molecule has 0 bridgehead atoms. The third kappa shape index (κ3) is 8.06. The molecule has 11 nitrogen and oxygen atoms in total. The highest BCUT2D eigenvalue weighted by Gasteiger charge is 2.36. The maximum atomic E-state index is 14.2. The SMILES string of the molecule is CC[C@H](C(=O)N[C@@H](C)CC)N(Cc1ccccc1)C(=O)CN(c1cc(Cl)ccc1OC)S(=O)(=O)c1ccc(C)c([N+](=O)[O-])c1. The maximum Gasteiger partial charge on any atom is 0.273 e. The van der Waals surface area contributed by atoms with Gasteiger partial charge in [-0.1, -0.05) is 61.8 Å². The number of sulfonamides is 1. The summed E-state index contributed by atoms with van der Waals surface area (Å²) < 4.78 is 34.7. The van der Waals surface area contributed by atoms with E-state index in [2.05, 4.69) is 5.32 Å². The van der Waals surface area contributed by atoms with Gasteiger partial charge in [-0.25, -0.2) is 8.42 Å². The standard InChI is InChI=1S/C31H37ClN4O7S/c1-6-22(4)33-31(38)26(7-2)34(19-23-11-9-8-10-12-23)30(37)20-35(28-17-24(32)14-16-29(28)43-5)44(41,42)25-15-13-21(3)27(18-25)36(39)40/h8-18,22,26H,6-7,19-20H2,1-5H3,(H,33,38)/t22-,26+/m0/s1. The van der Waals surface area contributed by atoms with E-state index in [4.69, 9.17) is 16.3 Å². The number of nitro benzene ring substituents is 1. The molecule has 0 heterocycles. The highest BCUT2D eigenvalue weighted by atomic mass is 35.5. The molecule has 3 aromatic rings. The second-order valence-electron chi connectivity index (χ2n) is 10.3. The number of methoxy groups -OCH3 is 1. The molecule has 0 aliphatic carbocycles. The number of ether oxygens (including phenoxy) is 1. The number of benzene rings is 3. The van der Waals surface area contributed by atoms with Crippen molar-refractivity contribution in [3.63, 3.8) is 0 Å². The van der Waals surface area contributed by atoms with Crippen molar-refractivity contribution in [1.82, 2.24) is 10.2 Å². The van der Waals surface area contributed by atoms with Crippen LogP contribution in [0.5, 0.6) is 5.75 Å². The van der Waals surface area contributed by atoms with Crippen molar-refractivity contribution in [2.24, 2.45) is 0 Å². The van der Waals surface area contributed by atoms with Crippen LogP contribution < -0.4 is 14.4 Å². The van der Waals surface area contributed by atoms with E-state index in [1.54, 1.807) is 31.2 Å². The molecular formula is C31H37ClN4O7S. The Hall–Kier alpha value is -4.16. The average molecular weight is 645 g/mol. The zero-order valence-corrected chi connectivity index (χ0v) is 26.9. The van der Waals surface area contributed by atoms with E-state index >= 15 is 0 Å². The first-order chi connectivity index (χ1) is 20.8. The Morgan fingerprint density at radius 2 is 1.73 bits per heavy atom. The van der Waals surface area contributed by atoms with Gasteiger partial charge >= 0.3 is 0 Å². The highest BCUT2D eigenvalue weighted by Crippen LogP contribution is 2.36. The van der Waals surface area contributed by atoms with Crippen molar-refractivity contribution in [2.75, 3.05) is 18.0 Å². The van der Waals surface area contributed by atoms with Gasteiger partial charge in [0.15, 0.2) is 0 Å². The molecule has 0 spiro atoms. The van der Waals surface area contributed by atoms with Gasteiger partial charge in [-0.15, -0.1) is 0 Å². The van der Waals surface area contributed by atoms with Gasteiger partial charge in [0.2, 0.25) is 11.8 Å². The van der Waals surface area contributed by atoms with Crippen molar-refractivity contribution < 1.29 is 27.7 Å². The molecule has 0 aliphatic rings. The number of halogens is 1. The lowest BCUT2D eigenvalue weighted by atomic mass is 10.1. The first kappa shape index (κ1) is 34.3. The summed E-state index contributed by atoms with van der Waals surface area (Å²) in [6.45, 7) is 6.33. The molecular weight excluding hydrogens is 608 g/mol. The molecule has 2 amide bonds. The molecule has 44 heavy (non-hydrogen) atoms. The third-order valence-electron chi connectivity index (χ3n) is 7.24. The molecule has 0 aliphatic heterocycles. The van der Waals surface area contributed by atoms with Gasteiger partial charge in [-0.2, -0.15) is 0 Å². The van der Waals surface area contributed by atoms with Crippen LogP contribution in [0.4, 0.5) is 11.4 Å². The quantitative estimate of drug-likeness (QED) is 0.181. The second-order valence-corrected chi connectivity index (χ2v) is 12.6. The summed E-state index contributed by atoms with van der Waals surface area (Å²) in [5.41, 5.74) is 0.561. The molecule has 0 fully saturated rings. The van der Waals surface area contributed by atoms with Crippen molar-refractivity contribution >= 4 is 44.8 Å². The van der Waals surface area contributed by atoms with Gasteiger partial charge < -0.3 is 15.0 Å². The van der Waals surface area contributed by atoms with Crippen molar-refractivity contribution in [3.05, 3.63) is 93.0 Å². The minimum absolute atomic E-state index is 0.0304. The van der Waals surface area contributed by atoms with Gasteiger partial charge in [0, 0.05) is 29.2 Å². The number of hydrogen-bond acceptors (Lipinski definition) is 7. The maximum absolute atomic E-state index is 14.2. The number of hydrogen-bond donors (Lipinski definition) is 1. The number of nitro groups is 1. The Bertz CT molecular complexity index is 1600. The summed E-state index contributed by atoms with van der Waals surface area (Å²) >= 11 is 6.27. The number of anilines is 1. The van der Waals surface area contributed by atoms with Crippen LogP contribution in [0.1, 0.15) is 44.7 Å². The van der Waals surface area contributed by atoms with Crippen LogP contribution in [-0.4, -0.2) is 55.8 Å². The van der Waals surface area contributed by atoms with Gasteiger partial charge in [-0.3, -0.25) is 24.0 Å². The Morgan fingerprint density at radius 1 is 1.05 bits per heavy atom. The van der Waals surface area contributed by atoms with Crippen LogP contribution in [0.25, 0.3) is 0 Å². The lowest BCUT2D eigenvalue weighted by Crippen LogP contribution is -2.53. The predicted molar refractivity (Wildman–Crippen MR) is 169 cm³/mol. The molecule has 1 N–H and O–H groups in total. The Balaban J connectivity index is 2.18. The van der Waals surface area contributed by atoms with E-state index in [0.29, 0.717) is 6.42 Å². The summed E-state index contributed by atoms with van der Waals surface area (Å²) in [5, 5.41) is 14.8. The van der Waals surface area contributed by atoms with Crippen LogP contribution in [0, 0.1) is 17.0 Å². The topological polar surface area (TPSA) is 139 Å². The number of nitrogens with zero attached hydrogens (tertiary/aromatic N) is 3. The fourth-order valence-corrected chi connectivity index (χ4v) is 6.19. The van der Waals surface area contributed by atoms with Crippen LogP contribution >= 0.6 is 11.6 Å². The Morgan fingerprint density at radius 3 is 2.32 bits per heavy atom. The first-order valence-electron chi connectivity index (χ1n) is 14.1. The lowest BCUT2D eigenvalue weighted by Gasteiger charge is -2.34. The highest BCUT2D eigenvalue weighted by molar-refractivity contribution is 7.92. The van der Waals surface area contributed by atoms with Gasteiger partial charge in [-0.05, 0) is 56.5 Å². The fraction of sp³-hybridized carbons (Fsp3) is 0.355. The van der Waals surface area contributed by atoms with Gasteiger partial charge in [0.1, 0.15) is 18.3 Å². The normalized spacial score (nSPS) is 12.6. The molecule has 13 heteroatoms. The van der Waals surface area contributed by atoms with E-state index in [9.17, 15) is 28.1 Å². The van der Waals surface area contributed by atoms with Crippen molar-refractivity contribution in [1.29, 1.82) is 0 Å². The van der Waals surface area contributed by atoms with Gasteiger partial charge in [0.05, 0.1) is 22.6 Å². The molecule has 0 radical (unpaired) electrons. The smallest absolute Gasteiger partial charge is 0.273 e. The third-order valence-corrected chi connectivity index (χ3v) is 9.23. The molecule has 0 saturated heterocycles. The van der Waals surface area contributed by atoms with E-state index in [1.807, 2.05) is 19.9 Å². The van der Waals surface area contributed by atoms with Crippen molar-refractivity contribution in [3.8, 4) is 5.75 Å². The van der Waals surface area contributed by atoms with Crippen LogP contribution in [0.15, 0.2) is 71.6 Å². The second kappa shape index (κ2) is 15.0. The van der Waals surface area contributed by atoms with Gasteiger partial charge in [0.25, 0.3) is 15.7 Å². The minimum atomic E-state index is -4.61. The molecule has 2 atom stereocenters. The lowest BCUT2D eigenvalue weighted by molar-refractivity contribution is -0.385. The van der Waals surface area contributed by atoms with Crippen LogP contribution in [0.3, 0.4) is 0 Å². The van der Waals surface area contributed by atoms with Crippen LogP contribution in [-0.2, 0) is 26.2 Å². The number of rotatable bonds is 14.